The summed E-state index contributed by atoms with van der Waals surface area (Å²) in [7, 11) is 0. The van der Waals surface area contributed by atoms with Crippen molar-refractivity contribution >= 4 is 46.3 Å². The molecule has 0 saturated heterocycles. The predicted octanol–water partition coefficient (Wildman–Crippen LogP) is 4.07. The van der Waals surface area contributed by atoms with Crippen LogP contribution in [0.25, 0.3) is 0 Å². The normalized spacial score (nSPS) is 12.5. The van der Waals surface area contributed by atoms with Crippen LogP contribution in [-0.2, 0) is 17.6 Å². The van der Waals surface area contributed by atoms with Crippen molar-refractivity contribution in [3.8, 4) is 0 Å². The summed E-state index contributed by atoms with van der Waals surface area (Å²) in [6.07, 6.45) is 6.61. The van der Waals surface area contributed by atoms with Gasteiger partial charge in [0.05, 0.1) is 18.1 Å². The number of nitrogens with zero attached hydrogens (tertiary/aromatic N) is 3. The molecule has 0 saturated carbocycles. The van der Waals surface area contributed by atoms with Crippen LogP contribution in [0.15, 0.2) is 42.9 Å². The first-order chi connectivity index (χ1) is 13.1. The highest BCUT2D eigenvalue weighted by Crippen LogP contribution is 2.29. The number of fused-ring (bicyclic) bond motifs is 6. The van der Waals surface area contributed by atoms with Crippen molar-refractivity contribution in [3.63, 3.8) is 0 Å². The quantitative estimate of drug-likeness (QED) is 0.589. The van der Waals surface area contributed by atoms with Crippen LogP contribution in [0.5, 0.6) is 0 Å². The first kappa shape index (κ1) is 17.2. The molecule has 0 atom stereocenters. The minimum Gasteiger partial charge on any atom is -0.339 e. The van der Waals surface area contributed by atoms with E-state index in [1.807, 2.05) is 30.5 Å². The third-order valence-electron chi connectivity index (χ3n) is 4.16. The number of nitrogens with one attached hydrogen (secondary N) is 3. The van der Waals surface area contributed by atoms with Gasteiger partial charge in [0.15, 0.2) is 5.82 Å². The largest absolute Gasteiger partial charge is 0.339 e. The summed E-state index contributed by atoms with van der Waals surface area (Å²) in [4.78, 5) is 24.5. The van der Waals surface area contributed by atoms with E-state index in [1.54, 1.807) is 12.4 Å². The lowest BCUT2D eigenvalue weighted by Gasteiger charge is -2.14. The van der Waals surface area contributed by atoms with Crippen molar-refractivity contribution < 1.29 is 4.79 Å². The lowest BCUT2D eigenvalue weighted by Crippen LogP contribution is -2.09. The molecular formula is C19H17ClN6O. The Kier molecular flexibility index (Phi) is 4.60. The van der Waals surface area contributed by atoms with Gasteiger partial charge in [-0.2, -0.15) is 4.98 Å². The lowest BCUT2D eigenvalue weighted by molar-refractivity contribution is -0.114. The van der Waals surface area contributed by atoms with Crippen LogP contribution in [0.1, 0.15) is 18.1 Å². The van der Waals surface area contributed by atoms with Crippen molar-refractivity contribution in [1.82, 2.24) is 15.0 Å². The van der Waals surface area contributed by atoms with Gasteiger partial charge >= 0.3 is 0 Å². The number of hydrogen-bond donors (Lipinski definition) is 3. The average molecular weight is 381 g/mol. The van der Waals surface area contributed by atoms with E-state index >= 15 is 0 Å². The minimum atomic E-state index is -0.105. The Balaban J connectivity index is 1.81. The Bertz CT molecular complexity index is 1020. The van der Waals surface area contributed by atoms with Crippen LogP contribution in [-0.4, -0.2) is 20.9 Å². The van der Waals surface area contributed by atoms with E-state index in [0.29, 0.717) is 16.8 Å². The summed E-state index contributed by atoms with van der Waals surface area (Å²) in [5, 5.41) is 9.68. The van der Waals surface area contributed by atoms with E-state index < -0.39 is 0 Å². The van der Waals surface area contributed by atoms with Crippen LogP contribution in [0.3, 0.4) is 0 Å². The zero-order chi connectivity index (χ0) is 18.8. The zero-order valence-corrected chi connectivity index (χ0v) is 15.3. The van der Waals surface area contributed by atoms with Crippen LogP contribution in [0.4, 0.5) is 28.8 Å². The Morgan fingerprint density at radius 1 is 1.11 bits per heavy atom. The molecule has 0 aliphatic carbocycles. The Morgan fingerprint density at radius 2 is 2.00 bits per heavy atom. The number of anilines is 5. The number of aryl methyl sites for hydroxylation is 2. The van der Waals surface area contributed by atoms with Crippen LogP contribution < -0.4 is 16.0 Å². The van der Waals surface area contributed by atoms with Gasteiger partial charge < -0.3 is 16.0 Å². The fourth-order valence-electron chi connectivity index (χ4n) is 2.94. The smallest absolute Gasteiger partial charge is 0.229 e. The summed E-state index contributed by atoms with van der Waals surface area (Å²) >= 11 is 6.25. The molecule has 4 rings (SSSR count). The molecule has 2 aromatic heterocycles. The van der Waals surface area contributed by atoms with E-state index in [-0.39, 0.29) is 5.91 Å². The second kappa shape index (κ2) is 7.20. The molecule has 6 bridgehead atoms. The maximum absolute atomic E-state index is 11.5. The van der Waals surface area contributed by atoms with Crippen molar-refractivity contribution in [3.05, 3.63) is 59.0 Å². The number of amides is 1. The van der Waals surface area contributed by atoms with E-state index in [0.717, 1.165) is 41.0 Å². The molecule has 3 heterocycles. The van der Waals surface area contributed by atoms with Gasteiger partial charge in [-0.25, -0.2) is 4.98 Å². The average Bonchev–Trinajstić information content (AvgIpc) is 2.64. The Morgan fingerprint density at radius 3 is 2.85 bits per heavy atom. The molecule has 7 nitrogen and oxygen atoms in total. The van der Waals surface area contributed by atoms with E-state index in [4.69, 9.17) is 11.6 Å². The van der Waals surface area contributed by atoms with E-state index in [2.05, 4.69) is 30.9 Å². The maximum Gasteiger partial charge on any atom is 0.229 e. The highest BCUT2D eigenvalue weighted by molar-refractivity contribution is 6.32. The van der Waals surface area contributed by atoms with Gasteiger partial charge in [-0.1, -0.05) is 11.6 Å². The number of pyridine rings is 1. The molecule has 136 valence electrons. The first-order valence-corrected chi connectivity index (χ1v) is 8.86. The molecule has 27 heavy (non-hydrogen) atoms. The maximum atomic E-state index is 11.5. The van der Waals surface area contributed by atoms with Gasteiger partial charge in [-0.05, 0) is 48.2 Å². The number of hydrogen-bond acceptors (Lipinski definition) is 6. The summed E-state index contributed by atoms with van der Waals surface area (Å²) in [5.41, 5.74) is 4.50. The fourth-order valence-corrected chi connectivity index (χ4v) is 3.08. The Hall–Kier alpha value is -3.19. The molecule has 3 N–H and O–H groups in total. The molecule has 0 spiro atoms. The molecule has 1 aliphatic heterocycles. The highest BCUT2D eigenvalue weighted by Gasteiger charge is 2.12. The standard InChI is InChI=1S/C19H17ClN6O/c1-11(27)23-17-5-4-14-7-13(17)3-2-12-6-15(9-21-8-12)25-19-22-10-16(20)18(24-14)26-19/h4-10H,2-3H2,1H3,(H,23,27)(H2,22,24,25,26). The minimum absolute atomic E-state index is 0.105. The molecular weight excluding hydrogens is 364 g/mol. The lowest BCUT2D eigenvalue weighted by atomic mass is 10.0. The molecule has 0 radical (unpaired) electrons. The molecule has 1 aliphatic rings. The molecule has 0 fully saturated rings. The van der Waals surface area contributed by atoms with Crippen molar-refractivity contribution in [2.24, 2.45) is 0 Å². The third-order valence-corrected chi connectivity index (χ3v) is 4.43. The van der Waals surface area contributed by atoms with Gasteiger partial charge in [0, 0.05) is 24.5 Å². The third kappa shape index (κ3) is 3.98. The van der Waals surface area contributed by atoms with Gasteiger partial charge in [0.25, 0.3) is 0 Å². The van der Waals surface area contributed by atoms with Crippen LogP contribution in [0, 0.1) is 0 Å². The first-order valence-electron chi connectivity index (χ1n) is 8.48. The van der Waals surface area contributed by atoms with Crippen molar-refractivity contribution in [2.45, 2.75) is 19.8 Å². The van der Waals surface area contributed by atoms with Gasteiger partial charge in [0.2, 0.25) is 11.9 Å². The molecule has 8 heteroatoms. The second-order valence-electron chi connectivity index (χ2n) is 6.28. The summed E-state index contributed by atoms with van der Waals surface area (Å²) < 4.78 is 0. The number of halogens is 1. The zero-order valence-electron chi connectivity index (χ0n) is 14.6. The second-order valence-corrected chi connectivity index (χ2v) is 6.68. The SMILES string of the molecule is CC(=O)Nc1ccc2cc1CCc1cncc(c1)Nc1ncc(Cl)c(n1)N2. The predicted molar refractivity (Wildman–Crippen MR) is 106 cm³/mol. The van der Waals surface area contributed by atoms with E-state index in [9.17, 15) is 4.79 Å². The van der Waals surface area contributed by atoms with Gasteiger partial charge in [-0.3, -0.25) is 9.78 Å². The molecule has 0 unspecified atom stereocenters. The van der Waals surface area contributed by atoms with Crippen molar-refractivity contribution in [1.29, 1.82) is 0 Å². The van der Waals surface area contributed by atoms with Gasteiger partial charge in [-0.15, -0.1) is 0 Å². The summed E-state index contributed by atoms with van der Waals surface area (Å²) in [6, 6.07) is 7.76. The van der Waals surface area contributed by atoms with Crippen LogP contribution in [0.2, 0.25) is 5.02 Å². The topological polar surface area (TPSA) is 91.8 Å². The summed E-state index contributed by atoms with van der Waals surface area (Å²) in [5.74, 6) is 0.817. The monoisotopic (exact) mass is 380 g/mol. The summed E-state index contributed by atoms with van der Waals surface area (Å²) in [6.45, 7) is 1.50. The van der Waals surface area contributed by atoms with Gasteiger partial charge in [0.1, 0.15) is 5.02 Å². The molecule has 1 amide bonds. The van der Waals surface area contributed by atoms with Crippen LogP contribution >= 0.6 is 11.6 Å². The highest BCUT2D eigenvalue weighted by atomic mass is 35.5. The molecule has 1 aromatic carbocycles. The number of carbonyl (C=O) groups excluding carboxylic acids is 1. The van der Waals surface area contributed by atoms with E-state index in [1.165, 1.54) is 6.92 Å². The number of benzene rings is 1. The number of carbonyl (C=O) groups is 1. The fraction of sp³-hybridized carbons (Fsp3) is 0.158. The number of rotatable bonds is 1. The Labute approximate surface area is 161 Å². The molecule has 3 aromatic rings. The number of aromatic nitrogens is 3. The van der Waals surface area contributed by atoms with Crippen molar-refractivity contribution in [2.75, 3.05) is 16.0 Å².